The Morgan fingerprint density at radius 2 is 1.94 bits per heavy atom. The average Bonchev–Trinajstić information content (AvgIpc) is 2.82. The Balaban J connectivity index is 1.59. The number of anilines is 2. The van der Waals surface area contributed by atoms with Crippen LogP contribution in [0.15, 0.2) is 36.7 Å². The number of benzene rings is 2. The highest BCUT2D eigenvalue weighted by Gasteiger charge is 2.27. The van der Waals surface area contributed by atoms with Crippen molar-refractivity contribution in [2.45, 2.75) is 51.7 Å². The number of nitrogens with zero attached hydrogens (tertiary/aromatic N) is 3. The molecule has 1 aromatic heterocycles. The predicted octanol–water partition coefficient (Wildman–Crippen LogP) is 5.73. The standard InChI is InChI=1S/C25H28ClFN4O3/c1-4-33-23-13-22-19(25(29-14-28-22)30-16-5-10-21(27)20(26)11-16)12-24(23)34-18-8-6-17(7-9-18)31(3)15(2)32/h5,10-14,17-18H,4,6-9H2,1-3H3,(H,28,29,30). The van der Waals surface area contributed by atoms with Crippen LogP contribution in [0.25, 0.3) is 10.9 Å². The molecule has 4 rings (SSSR count). The maximum atomic E-state index is 13.6. The summed E-state index contributed by atoms with van der Waals surface area (Å²) in [4.78, 5) is 22.3. The molecule has 3 aromatic rings. The Hall–Kier alpha value is -3.13. The van der Waals surface area contributed by atoms with Crippen molar-refractivity contribution in [1.82, 2.24) is 14.9 Å². The molecule has 0 spiro atoms. The molecule has 0 bridgehead atoms. The van der Waals surface area contributed by atoms with Crippen molar-refractivity contribution in [3.05, 3.63) is 47.5 Å². The SMILES string of the molecule is CCOc1cc2ncnc(Nc3ccc(F)c(Cl)c3)c2cc1OC1CCC(N(C)C(C)=O)CC1. The molecule has 0 aliphatic heterocycles. The maximum Gasteiger partial charge on any atom is 0.219 e. The minimum Gasteiger partial charge on any atom is -0.490 e. The van der Waals surface area contributed by atoms with Crippen molar-refractivity contribution in [2.24, 2.45) is 0 Å². The molecule has 1 N–H and O–H groups in total. The molecule has 9 heteroatoms. The van der Waals surface area contributed by atoms with E-state index >= 15 is 0 Å². The van der Waals surface area contributed by atoms with E-state index < -0.39 is 5.82 Å². The highest BCUT2D eigenvalue weighted by atomic mass is 35.5. The Bertz CT molecular complexity index is 1180. The average molecular weight is 487 g/mol. The van der Waals surface area contributed by atoms with E-state index in [0.29, 0.717) is 35.1 Å². The molecule has 34 heavy (non-hydrogen) atoms. The second-order valence-electron chi connectivity index (χ2n) is 8.40. The molecule has 7 nitrogen and oxygen atoms in total. The van der Waals surface area contributed by atoms with Crippen LogP contribution in [-0.4, -0.2) is 46.6 Å². The molecule has 1 heterocycles. The lowest BCUT2D eigenvalue weighted by Gasteiger charge is -2.34. The molecule has 0 saturated heterocycles. The number of rotatable bonds is 7. The van der Waals surface area contributed by atoms with Crippen LogP contribution in [0, 0.1) is 5.82 Å². The quantitative estimate of drug-likeness (QED) is 0.459. The first-order chi connectivity index (χ1) is 16.4. The molecule has 1 aliphatic rings. The smallest absolute Gasteiger partial charge is 0.219 e. The van der Waals surface area contributed by atoms with Gasteiger partial charge in [0.2, 0.25) is 5.91 Å². The summed E-state index contributed by atoms with van der Waals surface area (Å²) in [7, 11) is 1.85. The van der Waals surface area contributed by atoms with Crippen LogP contribution in [0.5, 0.6) is 11.5 Å². The summed E-state index contributed by atoms with van der Waals surface area (Å²) in [5, 5.41) is 3.96. The number of aromatic nitrogens is 2. The van der Waals surface area contributed by atoms with E-state index in [1.807, 2.05) is 31.0 Å². The number of halogens is 2. The van der Waals surface area contributed by atoms with E-state index in [2.05, 4.69) is 15.3 Å². The van der Waals surface area contributed by atoms with Crippen molar-refractivity contribution < 1.29 is 18.7 Å². The Kier molecular flexibility index (Phi) is 7.36. The van der Waals surface area contributed by atoms with Gasteiger partial charge in [0.1, 0.15) is 18.0 Å². The number of nitrogens with one attached hydrogen (secondary N) is 1. The van der Waals surface area contributed by atoms with E-state index in [-0.39, 0.29) is 23.1 Å². The topological polar surface area (TPSA) is 76.6 Å². The minimum absolute atomic E-state index is 0.0187. The number of ether oxygens (including phenoxy) is 2. The fraction of sp³-hybridized carbons (Fsp3) is 0.400. The lowest BCUT2D eigenvalue weighted by Crippen LogP contribution is -2.40. The van der Waals surface area contributed by atoms with Gasteiger partial charge in [0.15, 0.2) is 11.5 Å². The van der Waals surface area contributed by atoms with Gasteiger partial charge in [-0.05, 0) is 56.9 Å². The molecule has 0 atom stereocenters. The number of hydrogen-bond acceptors (Lipinski definition) is 6. The van der Waals surface area contributed by atoms with Gasteiger partial charge < -0.3 is 19.7 Å². The zero-order chi connectivity index (χ0) is 24.2. The lowest BCUT2D eigenvalue weighted by atomic mass is 9.92. The highest BCUT2D eigenvalue weighted by Crippen LogP contribution is 2.37. The summed E-state index contributed by atoms with van der Waals surface area (Å²) in [6.45, 7) is 4.00. The van der Waals surface area contributed by atoms with Crippen LogP contribution in [0.3, 0.4) is 0 Å². The fourth-order valence-corrected chi connectivity index (χ4v) is 4.40. The van der Waals surface area contributed by atoms with Gasteiger partial charge in [-0.25, -0.2) is 14.4 Å². The lowest BCUT2D eigenvalue weighted by molar-refractivity contribution is -0.130. The van der Waals surface area contributed by atoms with Crippen LogP contribution >= 0.6 is 11.6 Å². The van der Waals surface area contributed by atoms with Crippen molar-refractivity contribution in [3.63, 3.8) is 0 Å². The Morgan fingerprint density at radius 3 is 2.62 bits per heavy atom. The molecule has 1 saturated carbocycles. The van der Waals surface area contributed by atoms with Gasteiger partial charge >= 0.3 is 0 Å². The summed E-state index contributed by atoms with van der Waals surface area (Å²) < 4.78 is 25.8. The number of fused-ring (bicyclic) bond motifs is 1. The van der Waals surface area contributed by atoms with Crippen LogP contribution in [-0.2, 0) is 4.79 Å². The van der Waals surface area contributed by atoms with Crippen molar-refractivity contribution >= 4 is 39.9 Å². The van der Waals surface area contributed by atoms with Gasteiger partial charge in [-0.1, -0.05) is 11.6 Å². The van der Waals surface area contributed by atoms with E-state index in [4.69, 9.17) is 21.1 Å². The number of carbonyl (C=O) groups is 1. The van der Waals surface area contributed by atoms with Gasteiger partial charge in [0.25, 0.3) is 0 Å². The predicted molar refractivity (Wildman–Crippen MR) is 131 cm³/mol. The van der Waals surface area contributed by atoms with Crippen molar-refractivity contribution in [2.75, 3.05) is 19.0 Å². The first kappa shape index (κ1) is 24.0. The second-order valence-corrected chi connectivity index (χ2v) is 8.81. The molecule has 180 valence electrons. The van der Waals surface area contributed by atoms with E-state index in [0.717, 1.165) is 31.1 Å². The monoisotopic (exact) mass is 486 g/mol. The third-order valence-electron chi connectivity index (χ3n) is 6.16. The number of carbonyl (C=O) groups excluding carboxylic acids is 1. The van der Waals surface area contributed by atoms with Gasteiger partial charge in [-0.15, -0.1) is 0 Å². The molecule has 2 aromatic carbocycles. The molecule has 1 fully saturated rings. The molecular formula is C25H28ClFN4O3. The van der Waals surface area contributed by atoms with E-state index in [1.165, 1.54) is 18.5 Å². The van der Waals surface area contributed by atoms with E-state index in [1.54, 1.807) is 13.0 Å². The van der Waals surface area contributed by atoms with Crippen LogP contribution < -0.4 is 14.8 Å². The van der Waals surface area contributed by atoms with Gasteiger partial charge in [-0.2, -0.15) is 0 Å². The van der Waals surface area contributed by atoms with Crippen LogP contribution in [0.1, 0.15) is 39.5 Å². The molecule has 0 radical (unpaired) electrons. The second kappa shape index (κ2) is 10.4. The summed E-state index contributed by atoms with van der Waals surface area (Å²) in [5.74, 6) is 1.38. The van der Waals surface area contributed by atoms with Gasteiger partial charge in [0.05, 0.1) is 23.3 Å². The Labute approximate surface area is 203 Å². The highest BCUT2D eigenvalue weighted by molar-refractivity contribution is 6.31. The normalized spacial score (nSPS) is 17.9. The summed E-state index contributed by atoms with van der Waals surface area (Å²) >= 11 is 5.93. The zero-order valence-corrected chi connectivity index (χ0v) is 20.2. The summed E-state index contributed by atoms with van der Waals surface area (Å²) in [6.07, 6.45) is 4.94. The minimum atomic E-state index is -0.485. The number of hydrogen-bond donors (Lipinski definition) is 1. The summed E-state index contributed by atoms with van der Waals surface area (Å²) in [6, 6.07) is 8.36. The Morgan fingerprint density at radius 1 is 1.18 bits per heavy atom. The van der Waals surface area contributed by atoms with Crippen LogP contribution in [0.4, 0.5) is 15.9 Å². The first-order valence-corrected chi connectivity index (χ1v) is 11.8. The van der Waals surface area contributed by atoms with Crippen molar-refractivity contribution in [1.29, 1.82) is 0 Å². The van der Waals surface area contributed by atoms with Gasteiger partial charge in [0, 0.05) is 37.2 Å². The molecule has 0 unspecified atom stereocenters. The van der Waals surface area contributed by atoms with Crippen molar-refractivity contribution in [3.8, 4) is 11.5 Å². The third-order valence-corrected chi connectivity index (χ3v) is 6.45. The molecule has 1 amide bonds. The first-order valence-electron chi connectivity index (χ1n) is 11.4. The number of amides is 1. The van der Waals surface area contributed by atoms with Crippen LogP contribution in [0.2, 0.25) is 5.02 Å². The largest absolute Gasteiger partial charge is 0.490 e. The van der Waals surface area contributed by atoms with E-state index in [9.17, 15) is 9.18 Å². The molecule has 1 aliphatic carbocycles. The molecular weight excluding hydrogens is 459 g/mol. The zero-order valence-electron chi connectivity index (χ0n) is 19.5. The maximum absolute atomic E-state index is 13.6. The fourth-order valence-electron chi connectivity index (χ4n) is 4.22. The van der Waals surface area contributed by atoms with Gasteiger partial charge in [-0.3, -0.25) is 4.79 Å². The summed E-state index contributed by atoms with van der Waals surface area (Å²) in [5.41, 5.74) is 1.30. The third kappa shape index (κ3) is 5.33.